The quantitative estimate of drug-likeness (QED) is 0.461. The summed E-state index contributed by atoms with van der Waals surface area (Å²) in [5.74, 6) is 0. The summed E-state index contributed by atoms with van der Waals surface area (Å²) in [6.07, 6.45) is 0. The van der Waals surface area contributed by atoms with Crippen LogP contribution in [0, 0.1) is 13.8 Å². The molecule has 0 radical (unpaired) electrons. The van der Waals surface area contributed by atoms with E-state index in [1.54, 1.807) is 0 Å². The number of para-hydroxylation sites is 2. The number of pyridine rings is 2. The molecule has 4 rings (SSSR count). The van der Waals surface area contributed by atoms with Crippen molar-refractivity contribution in [2.24, 2.45) is 7.05 Å². The molecule has 0 atom stereocenters. The Hall–Kier alpha value is -2.68. The highest BCUT2D eigenvalue weighted by Gasteiger charge is 2.15. The Bertz CT molecular complexity index is 1120. The predicted molar refractivity (Wildman–Crippen MR) is 91.5 cm³/mol. The van der Waals surface area contributed by atoms with E-state index in [4.69, 9.17) is 4.98 Å². The Kier molecular flexibility index (Phi) is 2.61. The van der Waals surface area contributed by atoms with Gasteiger partial charge in [-0.2, -0.15) is 0 Å². The van der Waals surface area contributed by atoms with Gasteiger partial charge in [-0.1, -0.05) is 30.3 Å². The van der Waals surface area contributed by atoms with E-state index >= 15 is 0 Å². The highest BCUT2D eigenvalue weighted by atomic mass is 16.1. The van der Waals surface area contributed by atoms with Crippen LogP contribution in [0.1, 0.15) is 11.1 Å². The predicted octanol–water partition coefficient (Wildman–Crippen LogP) is 3.86. The van der Waals surface area contributed by atoms with E-state index in [9.17, 15) is 4.79 Å². The summed E-state index contributed by atoms with van der Waals surface area (Å²) in [7, 11) is 1.98. The van der Waals surface area contributed by atoms with Gasteiger partial charge in [-0.3, -0.25) is 4.79 Å². The normalized spacial score (nSPS) is 11.6. The van der Waals surface area contributed by atoms with Gasteiger partial charge in [0.25, 0.3) is 0 Å². The molecule has 108 valence electrons. The highest BCUT2D eigenvalue weighted by Crippen LogP contribution is 2.26. The lowest BCUT2D eigenvalue weighted by molar-refractivity contribution is 0.975. The molecule has 22 heavy (non-hydrogen) atoms. The maximum atomic E-state index is 13.0. The van der Waals surface area contributed by atoms with E-state index in [0.717, 1.165) is 44.0 Å². The van der Waals surface area contributed by atoms with Gasteiger partial charge in [0.2, 0.25) is 0 Å². The monoisotopic (exact) mass is 288 g/mol. The van der Waals surface area contributed by atoms with Crippen molar-refractivity contribution in [3.05, 3.63) is 63.8 Å². The first-order valence-electron chi connectivity index (χ1n) is 7.37. The van der Waals surface area contributed by atoms with Crippen LogP contribution in [-0.2, 0) is 7.05 Å². The zero-order valence-electron chi connectivity index (χ0n) is 12.8. The minimum absolute atomic E-state index is 0.0718. The number of hydrogen-bond acceptors (Lipinski definition) is 2. The minimum Gasteiger partial charge on any atom is -0.328 e. The Labute approximate surface area is 127 Å². The van der Waals surface area contributed by atoms with Crippen molar-refractivity contribution in [1.82, 2.24) is 9.55 Å². The summed E-state index contributed by atoms with van der Waals surface area (Å²) < 4.78 is 2.04. The molecule has 0 unspecified atom stereocenters. The van der Waals surface area contributed by atoms with E-state index in [-0.39, 0.29) is 5.43 Å². The summed E-state index contributed by atoms with van der Waals surface area (Å²) in [5.41, 5.74) is 4.80. The van der Waals surface area contributed by atoms with Crippen LogP contribution < -0.4 is 5.43 Å². The lowest BCUT2D eigenvalue weighted by Gasteiger charge is -2.14. The van der Waals surface area contributed by atoms with Crippen LogP contribution in [0.3, 0.4) is 0 Å². The number of hydrogen-bond donors (Lipinski definition) is 0. The van der Waals surface area contributed by atoms with Crippen molar-refractivity contribution in [2.45, 2.75) is 13.8 Å². The van der Waals surface area contributed by atoms with Crippen molar-refractivity contribution in [2.75, 3.05) is 0 Å². The summed E-state index contributed by atoms with van der Waals surface area (Å²) in [5, 5.41) is 2.52. The number of rotatable bonds is 0. The first kappa shape index (κ1) is 13.0. The van der Waals surface area contributed by atoms with Crippen LogP contribution in [-0.4, -0.2) is 9.55 Å². The molecule has 3 nitrogen and oxygen atoms in total. The van der Waals surface area contributed by atoms with Crippen LogP contribution in [0.15, 0.2) is 47.3 Å². The lowest BCUT2D eigenvalue weighted by Crippen LogP contribution is -2.13. The molecule has 0 saturated carbocycles. The standard InChI is InChI=1S/C19H16N2O/c1-11-7-6-9-14-17(11)21(3)19-16(18(14)22)12(2)13-8-4-5-10-15(13)20-19/h4-10H,1-3H3. The fourth-order valence-electron chi connectivity index (χ4n) is 3.40. The van der Waals surface area contributed by atoms with Crippen molar-refractivity contribution in [3.8, 4) is 0 Å². The Morgan fingerprint density at radius 1 is 0.955 bits per heavy atom. The van der Waals surface area contributed by atoms with E-state index < -0.39 is 0 Å². The largest absolute Gasteiger partial charge is 0.328 e. The second kappa shape index (κ2) is 4.41. The van der Waals surface area contributed by atoms with E-state index in [0.29, 0.717) is 0 Å². The van der Waals surface area contributed by atoms with Gasteiger partial charge in [0.1, 0.15) is 5.65 Å². The van der Waals surface area contributed by atoms with Gasteiger partial charge in [-0.25, -0.2) is 4.98 Å². The van der Waals surface area contributed by atoms with Crippen LogP contribution >= 0.6 is 0 Å². The maximum absolute atomic E-state index is 13.0. The SMILES string of the molecule is Cc1c2ccccc2nc2c1c(=O)c1cccc(C)c1n2C. The Balaban J connectivity index is 2.41. The van der Waals surface area contributed by atoms with Crippen molar-refractivity contribution < 1.29 is 0 Å². The molecule has 0 aliphatic heterocycles. The maximum Gasteiger partial charge on any atom is 0.199 e. The molecule has 0 bridgehead atoms. The number of benzene rings is 2. The minimum atomic E-state index is 0.0718. The molecule has 0 amide bonds. The van der Waals surface area contributed by atoms with Gasteiger partial charge >= 0.3 is 0 Å². The van der Waals surface area contributed by atoms with E-state index in [1.807, 2.05) is 67.9 Å². The lowest BCUT2D eigenvalue weighted by atomic mass is 10.0. The summed E-state index contributed by atoms with van der Waals surface area (Å²) in [4.78, 5) is 17.8. The van der Waals surface area contributed by atoms with Gasteiger partial charge in [0.15, 0.2) is 5.43 Å². The van der Waals surface area contributed by atoms with Crippen molar-refractivity contribution in [3.63, 3.8) is 0 Å². The molecule has 0 spiro atoms. The third-order valence-electron chi connectivity index (χ3n) is 4.50. The van der Waals surface area contributed by atoms with Crippen molar-refractivity contribution in [1.29, 1.82) is 0 Å². The van der Waals surface area contributed by atoms with Gasteiger partial charge in [0.05, 0.1) is 16.4 Å². The molecule has 0 fully saturated rings. The molecule has 3 heteroatoms. The fourth-order valence-corrected chi connectivity index (χ4v) is 3.40. The van der Waals surface area contributed by atoms with Gasteiger partial charge in [-0.05, 0) is 37.1 Å². The number of nitrogens with zero attached hydrogens (tertiary/aromatic N) is 2. The fraction of sp³-hybridized carbons (Fsp3) is 0.158. The first-order valence-corrected chi connectivity index (χ1v) is 7.37. The van der Waals surface area contributed by atoms with Crippen LogP contribution in [0.4, 0.5) is 0 Å². The van der Waals surface area contributed by atoms with E-state index in [2.05, 4.69) is 0 Å². The number of fused-ring (bicyclic) bond motifs is 3. The number of aryl methyl sites for hydroxylation is 3. The second-order valence-corrected chi connectivity index (χ2v) is 5.81. The summed E-state index contributed by atoms with van der Waals surface area (Å²) >= 11 is 0. The third-order valence-corrected chi connectivity index (χ3v) is 4.50. The van der Waals surface area contributed by atoms with Crippen molar-refractivity contribution >= 4 is 32.8 Å². The summed E-state index contributed by atoms with van der Waals surface area (Å²) in [6, 6.07) is 13.9. The van der Waals surface area contributed by atoms with E-state index in [1.165, 1.54) is 0 Å². The smallest absolute Gasteiger partial charge is 0.199 e. The van der Waals surface area contributed by atoms with Gasteiger partial charge in [-0.15, -0.1) is 0 Å². The Morgan fingerprint density at radius 3 is 2.50 bits per heavy atom. The van der Waals surface area contributed by atoms with Gasteiger partial charge in [0, 0.05) is 17.8 Å². The van der Waals surface area contributed by atoms with Crippen LogP contribution in [0.25, 0.3) is 32.8 Å². The molecular formula is C19H16N2O. The molecule has 0 N–H and O–H groups in total. The zero-order valence-corrected chi connectivity index (χ0v) is 12.8. The van der Waals surface area contributed by atoms with Crippen LogP contribution in [0.2, 0.25) is 0 Å². The zero-order chi connectivity index (χ0) is 15.4. The van der Waals surface area contributed by atoms with Crippen LogP contribution in [0.5, 0.6) is 0 Å². The molecule has 2 heterocycles. The number of aromatic nitrogens is 2. The molecule has 2 aromatic heterocycles. The average molecular weight is 288 g/mol. The highest BCUT2D eigenvalue weighted by molar-refractivity contribution is 6.01. The first-order chi connectivity index (χ1) is 10.6. The molecule has 0 aliphatic rings. The second-order valence-electron chi connectivity index (χ2n) is 5.81. The molecule has 2 aromatic carbocycles. The van der Waals surface area contributed by atoms with Gasteiger partial charge < -0.3 is 4.57 Å². The molecular weight excluding hydrogens is 272 g/mol. The Morgan fingerprint density at radius 2 is 1.68 bits per heavy atom. The topological polar surface area (TPSA) is 34.9 Å². The average Bonchev–Trinajstić information content (AvgIpc) is 2.52. The summed E-state index contributed by atoms with van der Waals surface area (Å²) in [6.45, 7) is 4.04. The third kappa shape index (κ3) is 1.56. The molecule has 4 aromatic rings. The molecule has 0 saturated heterocycles. The molecule has 0 aliphatic carbocycles.